The van der Waals surface area contributed by atoms with Crippen LogP contribution in [0.5, 0.6) is 0 Å². The number of carbonyl (C=O) groups is 1. The molecule has 5 heteroatoms. The Labute approximate surface area is 123 Å². The summed E-state index contributed by atoms with van der Waals surface area (Å²) in [7, 11) is 0. The van der Waals surface area contributed by atoms with Crippen molar-refractivity contribution in [2.75, 3.05) is 0 Å². The third-order valence-electron chi connectivity index (χ3n) is 2.39. The Morgan fingerprint density at radius 1 is 1.21 bits per heavy atom. The molecule has 0 radical (unpaired) electrons. The van der Waals surface area contributed by atoms with Gasteiger partial charge in [0.25, 0.3) is 0 Å². The highest BCUT2D eigenvalue weighted by Crippen LogP contribution is 2.32. The van der Waals surface area contributed by atoms with Crippen LogP contribution in [0.1, 0.15) is 15.9 Å². The zero-order chi connectivity index (χ0) is 13.8. The number of carboxylic acid groups (broad SMARTS) is 1. The number of hydrogen-bond donors (Lipinski definition) is 1. The third-order valence-corrected chi connectivity index (χ3v) is 3.94. The third kappa shape index (κ3) is 3.37. The molecule has 0 aliphatic heterocycles. The van der Waals surface area contributed by atoms with Gasteiger partial charge in [0.2, 0.25) is 0 Å². The number of halogens is 1. The molecule has 1 N–H and O–H groups in total. The Hall–Kier alpha value is -1.77. The van der Waals surface area contributed by atoms with E-state index in [1.54, 1.807) is 42.5 Å². The summed E-state index contributed by atoms with van der Waals surface area (Å²) in [5.41, 5.74) is 0.842. The Bertz CT molecular complexity index is 662. The molecule has 3 nitrogen and oxygen atoms in total. The van der Waals surface area contributed by atoms with Crippen molar-refractivity contribution in [3.8, 4) is 6.07 Å². The van der Waals surface area contributed by atoms with E-state index in [1.165, 1.54) is 11.8 Å². The van der Waals surface area contributed by atoms with E-state index in [4.69, 9.17) is 10.4 Å². The van der Waals surface area contributed by atoms with E-state index in [1.807, 2.05) is 6.07 Å². The van der Waals surface area contributed by atoms with Crippen LogP contribution in [0.15, 0.2) is 56.7 Å². The van der Waals surface area contributed by atoms with Crippen LogP contribution in [0.25, 0.3) is 0 Å². The fourth-order valence-corrected chi connectivity index (χ4v) is 2.97. The quantitative estimate of drug-likeness (QED) is 0.915. The van der Waals surface area contributed by atoms with Gasteiger partial charge in [-0.15, -0.1) is 0 Å². The second kappa shape index (κ2) is 5.91. The van der Waals surface area contributed by atoms with Crippen molar-refractivity contribution in [2.45, 2.75) is 9.79 Å². The monoisotopic (exact) mass is 333 g/mol. The average Bonchev–Trinajstić information content (AvgIpc) is 2.39. The highest BCUT2D eigenvalue weighted by atomic mass is 79.9. The van der Waals surface area contributed by atoms with E-state index in [0.717, 1.165) is 9.37 Å². The molecule has 0 bridgehead atoms. The first-order valence-electron chi connectivity index (χ1n) is 5.31. The molecular formula is C14H8BrNO2S. The van der Waals surface area contributed by atoms with Crippen molar-refractivity contribution >= 4 is 33.7 Å². The summed E-state index contributed by atoms with van der Waals surface area (Å²) in [6.07, 6.45) is 0. The SMILES string of the molecule is N#Cc1ccc(Sc2cc(Br)ccc2C(=O)O)cc1. The number of carboxylic acids is 1. The van der Waals surface area contributed by atoms with Gasteiger partial charge in [0.15, 0.2) is 0 Å². The van der Waals surface area contributed by atoms with Gasteiger partial charge in [-0.25, -0.2) is 4.79 Å². The van der Waals surface area contributed by atoms with Crippen molar-refractivity contribution in [2.24, 2.45) is 0 Å². The van der Waals surface area contributed by atoms with Crippen molar-refractivity contribution < 1.29 is 9.90 Å². The maximum Gasteiger partial charge on any atom is 0.336 e. The van der Waals surface area contributed by atoms with E-state index in [9.17, 15) is 4.79 Å². The van der Waals surface area contributed by atoms with Gasteiger partial charge in [0, 0.05) is 14.3 Å². The van der Waals surface area contributed by atoms with Crippen LogP contribution in [0.3, 0.4) is 0 Å². The van der Waals surface area contributed by atoms with Crippen LogP contribution in [-0.2, 0) is 0 Å². The van der Waals surface area contributed by atoms with Crippen molar-refractivity contribution in [1.29, 1.82) is 5.26 Å². The molecule has 19 heavy (non-hydrogen) atoms. The fraction of sp³-hybridized carbons (Fsp3) is 0. The van der Waals surface area contributed by atoms with Crippen LogP contribution in [0, 0.1) is 11.3 Å². The lowest BCUT2D eigenvalue weighted by atomic mass is 10.2. The molecule has 0 unspecified atom stereocenters. The number of aromatic carboxylic acids is 1. The zero-order valence-corrected chi connectivity index (χ0v) is 12.0. The minimum absolute atomic E-state index is 0.262. The summed E-state index contributed by atoms with van der Waals surface area (Å²) >= 11 is 4.69. The molecule has 2 rings (SSSR count). The molecule has 0 atom stereocenters. The van der Waals surface area contributed by atoms with Crippen molar-refractivity contribution in [3.63, 3.8) is 0 Å². The first kappa shape index (κ1) is 13.7. The first-order chi connectivity index (χ1) is 9.10. The van der Waals surface area contributed by atoms with Gasteiger partial charge in [-0.2, -0.15) is 5.26 Å². The molecule has 0 spiro atoms. The van der Waals surface area contributed by atoms with Crippen LogP contribution >= 0.6 is 27.7 Å². The molecule has 2 aromatic carbocycles. The molecule has 0 saturated heterocycles. The maximum absolute atomic E-state index is 11.2. The summed E-state index contributed by atoms with van der Waals surface area (Å²) in [5, 5.41) is 17.9. The highest BCUT2D eigenvalue weighted by Gasteiger charge is 2.11. The van der Waals surface area contributed by atoms with Crippen molar-refractivity contribution in [1.82, 2.24) is 0 Å². The highest BCUT2D eigenvalue weighted by molar-refractivity contribution is 9.10. The summed E-state index contributed by atoms with van der Waals surface area (Å²) in [6, 6.07) is 14.1. The van der Waals surface area contributed by atoms with Gasteiger partial charge in [-0.05, 0) is 42.5 Å². The van der Waals surface area contributed by atoms with Gasteiger partial charge in [0.05, 0.1) is 17.2 Å². The normalized spacial score (nSPS) is 9.89. The molecule has 0 fully saturated rings. The number of hydrogen-bond acceptors (Lipinski definition) is 3. The zero-order valence-electron chi connectivity index (χ0n) is 9.63. The lowest BCUT2D eigenvalue weighted by Crippen LogP contribution is -1.98. The maximum atomic E-state index is 11.2. The first-order valence-corrected chi connectivity index (χ1v) is 6.92. The van der Waals surface area contributed by atoms with Crippen LogP contribution in [0.4, 0.5) is 0 Å². The standard InChI is InChI=1S/C14H8BrNO2S/c15-10-3-6-12(14(17)18)13(7-10)19-11-4-1-9(8-16)2-5-11/h1-7H,(H,17,18). The molecule has 94 valence electrons. The van der Waals surface area contributed by atoms with Crippen LogP contribution < -0.4 is 0 Å². The molecule has 2 aromatic rings. The second-order valence-corrected chi connectivity index (χ2v) is 5.71. The van der Waals surface area contributed by atoms with Gasteiger partial charge >= 0.3 is 5.97 Å². The van der Waals surface area contributed by atoms with Crippen LogP contribution in [-0.4, -0.2) is 11.1 Å². The molecule has 0 heterocycles. The largest absolute Gasteiger partial charge is 0.478 e. The summed E-state index contributed by atoms with van der Waals surface area (Å²) in [4.78, 5) is 12.7. The van der Waals surface area contributed by atoms with Gasteiger partial charge in [-0.1, -0.05) is 27.7 Å². The fourth-order valence-electron chi connectivity index (χ4n) is 1.48. The van der Waals surface area contributed by atoms with E-state index < -0.39 is 5.97 Å². The van der Waals surface area contributed by atoms with Gasteiger partial charge < -0.3 is 5.11 Å². The van der Waals surface area contributed by atoms with Crippen molar-refractivity contribution in [3.05, 3.63) is 58.1 Å². The number of rotatable bonds is 3. The minimum atomic E-state index is -0.955. The topological polar surface area (TPSA) is 61.1 Å². The molecule has 0 amide bonds. The lowest BCUT2D eigenvalue weighted by molar-refractivity contribution is 0.0693. The Morgan fingerprint density at radius 3 is 2.47 bits per heavy atom. The molecule has 0 aromatic heterocycles. The number of benzene rings is 2. The number of nitriles is 1. The predicted octanol–water partition coefficient (Wildman–Crippen LogP) is 4.17. The average molecular weight is 334 g/mol. The molecule has 0 aliphatic rings. The van der Waals surface area contributed by atoms with Gasteiger partial charge in [0.1, 0.15) is 0 Å². The minimum Gasteiger partial charge on any atom is -0.478 e. The van der Waals surface area contributed by atoms with Gasteiger partial charge in [-0.3, -0.25) is 0 Å². The Morgan fingerprint density at radius 2 is 1.89 bits per heavy atom. The van der Waals surface area contributed by atoms with Crippen LogP contribution in [0.2, 0.25) is 0 Å². The molecule has 0 aliphatic carbocycles. The van der Waals surface area contributed by atoms with E-state index in [2.05, 4.69) is 15.9 Å². The summed E-state index contributed by atoms with van der Waals surface area (Å²) < 4.78 is 0.827. The number of nitrogens with zero attached hydrogens (tertiary/aromatic N) is 1. The summed E-state index contributed by atoms with van der Waals surface area (Å²) in [5.74, 6) is -0.955. The second-order valence-electron chi connectivity index (χ2n) is 3.68. The lowest BCUT2D eigenvalue weighted by Gasteiger charge is -2.06. The van der Waals surface area contributed by atoms with E-state index >= 15 is 0 Å². The predicted molar refractivity (Wildman–Crippen MR) is 76.4 cm³/mol. The Kier molecular flexibility index (Phi) is 4.25. The Balaban J connectivity index is 2.34. The van der Waals surface area contributed by atoms with E-state index in [0.29, 0.717) is 10.5 Å². The summed E-state index contributed by atoms with van der Waals surface area (Å²) in [6.45, 7) is 0. The van der Waals surface area contributed by atoms with E-state index in [-0.39, 0.29) is 5.56 Å². The molecular weight excluding hydrogens is 326 g/mol. The molecule has 0 saturated carbocycles. The smallest absolute Gasteiger partial charge is 0.336 e.